The van der Waals surface area contributed by atoms with E-state index in [4.69, 9.17) is 19.3 Å². The number of thiazole rings is 1. The third-order valence-electron chi connectivity index (χ3n) is 4.16. The molecular formula is C22H23N3O3S. The highest BCUT2D eigenvalue weighted by atomic mass is 32.1. The first-order valence-electron chi connectivity index (χ1n) is 8.93. The molecule has 0 aliphatic rings. The molecule has 0 saturated carbocycles. The number of benzene rings is 2. The first-order chi connectivity index (χ1) is 14.2. The van der Waals surface area contributed by atoms with Crippen LogP contribution in [0.5, 0.6) is 17.2 Å². The van der Waals surface area contributed by atoms with Gasteiger partial charge in [0.05, 0.1) is 39.8 Å². The summed E-state index contributed by atoms with van der Waals surface area (Å²) in [5, 5.41) is 6.74. The normalized spacial score (nSPS) is 11.6. The molecule has 0 aliphatic heterocycles. The fraction of sp³-hybridized carbons (Fsp3) is 0.182. The van der Waals surface area contributed by atoms with Gasteiger partial charge in [0, 0.05) is 22.6 Å². The standard InChI is InChI=1S/C22H23N3O3S/c1-5-11-23-22-25(18(15-29-22)16-9-7-6-8-10-16)24-14-17-12-20(27-3)21(28-4)13-19(17)26-2/h5-10,12-15H,1,11H2,2-4H3. The summed E-state index contributed by atoms with van der Waals surface area (Å²) >= 11 is 1.53. The second-order valence-corrected chi connectivity index (χ2v) is 6.74. The van der Waals surface area contributed by atoms with Crippen LogP contribution in [0.15, 0.2) is 70.6 Å². The summed E-state index contributed by atoms with van der Waals surface area (Å²) in [5.41, 5.74) is 2.77. The summed E-state index contributed by atoms with van der Waals surface area (Å²) < 4.78 is 18.1. The Morgan fingerprint density at radius 3 is 2.34 bits per heavy atom. The second-order valence-electron chi connectivity index (χ2n) is 5.90. The number of hydrogen-bond donors (Lipinski definition) is 0. The third-order valence-corrected chi connectivity index (χ3v) is 5.01. The van der Waals surface area contributed by atoms with Crippen LogP contribution >= 0.6 is 11.3 Å². The third kappa shape index (κ3) is 4.57. The highest BCUT2D eigenvalue weighted by molar-refractivity contribution is 7.07. The van der Waals surface area contributed by atoms with Crippen LogP contribution in [0.4, 0.5) is 0 Å². The van der Waals surface area contributed by atoms with Gasteiger partial charge in [0.15, 0.2) is 11.5 Å². The van der Waals surface area contributed by atoms with E-state index in [2.05, 4.69) is 11.6 Å². The van der Waals surface area contributed by atoms with E-state index >= 15 is 0 Å². The van der Waals surface area contributed by atoms with E-state index in [0.29, 0.717) is 23.8 Å². The quantitative estimate of drug-likeness (QED) is 0.414. The van der Waals surface area contributed by atoms with Gasteiger partial charge < -0.3 is 14.2 Å². The lowest BCUT2D eigenvalue weighted by Gasteiger charge is -2.12. The number of aromatic nitrogens is 1. The number of nitrogens with zero attached hydrogens (tertiary/aromatic N) is 3. The molecule has 0 N–H and O–H groups in total. The van der Waals surface area contributed by atoms with Gasteiger partial charge in [-0.2, -0.15) is 5.10 Å². The molecule has 0 bridgehead atoms. The zero-order valence-corrected chi connectivity index (χ0v) is 17.5. The van der Waals surface area contributed by atoms with E-state index in [1.54, 1.807) is 39.7 Å². The van der Waals surface area contributed by atoms with Crippen molar-refractivity contribution in [2.75, 3.05) is 27.9 Å². The van der Waals surface area contributed by atoms with Crippen molar-refractivity contribution >= 4 is 17.6 Å². The predicted octanol–water partition coefficient (Wildman–Crippen LogP) is 4.21. The van der Waals surface area contributed by atoms with Crippen molar-refractivity contribution in [1.82, 2.24) is 4.68 Å². The summed E-state index contributed by atoms with van der Waals surface area (Å²) in [6.45, 7) is 4.26. The van der Waals surface area contributed by atoms with Crippen molar-refractivity contribution in [2.24, 2.45) is 10.1 Å². The van der Waals surface area contributed by atoms with Crippen molar-refractivity contribution in [1.29, 1.82) is 0 Å². The predicted molar refractivity (Wildman–Crippen MR) is 117 cm³/mol. The van der Waals surface area contributed by atoms with Crippen molar-refractivity contribution in [3.8, 4) is 28.5 Å². The van der Waals surface area contributed by atoms with Crippen LogP contribution in [-0.2, 0) is 0 Å². The Balaban J connectivity index is 2.11. The van der Waals surface area contributed by atoms with Gasteiger partial charge in [-0.25, -0.2) is 4.68 Å². The van der Waals surface area contributed by atoms with Gasteiger partial charge in [-0.1, -0.05) is 36.4 Å². The molecule has 7 heteroatoms. The minimum Gasteiger partial charge on any atom is -0.496 e. The molecule has 3 rings (SSSR count). The summed E-state index contributed by atoms with van der Waals surface area (Å²) in [5.74, 6) is 1.83. The minimum atomic E-state index is 0.518. The molecule has 0 aliphatic carbocycles. The van der Waals surface area contributed by atoms with Crippen molar-refractivity contribution < 1.29 is 14.2 Å². The Morgan fingerprint density at radius 1 is 1.00 bits per heavy atom. The van der Waals surface area contributed by atoms with Gasteiger partial charge >= 0.3 is 0 Å². The lowest BCUT2D eigenvalue weighted by molar-refractivity contribution is 0.349. The smallest absolute Gasteiger partial charge is 0.206 e. The monoisotopic (exact) mass is 409 g/mol. The molecule has 0 unspecified atom stereocenters. The summed E-state index contributed by atoms with van der Waals surface area (Å²) in [7, 11) is 4.79. The van der Waals surface area contributed by atoms with E-state index in [1.807, 2.05) is 46.5 Å². The van der Waals surface area contributed by atoms with Gasteiger partial charge in [-0.3, -0.25) is 4.99 Å². The largest absolute Gasteiger partial charge is 0.496 e. The summed E-state index contributed by atoms with van der Waals surface area (Å²) in [4.78, 5) is 5.34. The van der Waals surface area contributed by atoms with E-state index in [9.17, 15) is 0 Å². The fourth-order valence-corrected chi connectivity index (χ4v) is 3.59. The SMILES string of the molecule is C=CCN=c1scc(-c2ccccc2)n1N=Cc1cc(OC)c(OC)cc1OC. The molecule has 1 aromatic heterocycles. The molecule has 0 fully saturated rings. The summed E-state index contributed by atoms with van der Waals surface area (Å²) in [6.07, 6.45) is 3.49. The average Bonchev–Trinajstić information content (AvgIpc) is 3.18. The van der Waals surface area contributed by atoms with Gasteiger partial charge in [0.1, 0.15) is 5.75 Å². The Labute approximate surface area is 174 Å². The Bertz CT molecular complexity index is 1070. The van der Waals surface area contributed by atoms with Crippen molar-refractivity contribution in [3.05, 3.63) is 70.9 Å². The van der Waals surface area contributed by atoms with E-state index in [1.165, 1.54) is 11.3 Å². The van der Waals surface area contributed by atoms with Gasteiger partial charge in [-0.05, 0) is 6.07 Å². The highest BCUT2D eigenvalue weighted by Crippen LogP contribution is 2.33. The van der Waals surface area contributed by atoms with Crippen LogP contribution in [0.25, 0.3) is 11.3 Å². The number of hydrogen-bond acceptors (Lipinski definition) is 6. The zero-order valence-electron chi connectivity index (χ0n) is 16.7. The Morgan fingerprint density at radius 2 is 1.69 bits per heavy atom. The molecule has 6 nitrogen and oxygen atoms in total. The number of rotatable bonds is 8. The van der Waals surface area contributed by atoms with Crippen LogP contribution in [0.3, 0.4) is 0 Å². The molecule has 2 aromatic carbocycles. The van der Waals surface area contributed by atoms with Crippen LogP contribution in [-0.4, -0.2) is 38.8 Å². The van der Waals surface area contributed by atoms with Gasteiger partial charge in [0.2, 0.25) is 4.80 Å². The zero-order chi connectivity index (χ0) is 20.6. The Kier molecular flexibility index (Phi) is 6.86. The van der Waals surface area contributed by atoms with Crippen molar-refractivity contribution in [3.63, 3.8) is 0 Å². The van der Waals surface area contributed by atoms with Crippen LogP contribution in [0.2, 0.25) is 0 Å². The molecule has 0 atom stereocenters. The van der Waals surface area contributed by atoms with Gasteiger partial charge in [0.25, 0.3) is 0 Å². The highest BCUT2D eigenvalue weighted by Gasteiger charge is 2.11. The molecule has 1 heterocycles. The molecule has 0 amide bonds. The van der Waals surface area contributed by atoms with Crippen LogP contribution in [0, 0.1) is 0 Å². The van der Waals surface area contributed by atoms with Crippen LogP contribution in [0.1, 0.15) is 5.56 Å². The molecule has 3 aromatic rings. The second kappa shape index (κ2) is 9.75. The first kappa shape index (κ1) is 20.4. The molecule has 0 saturated heterocycles. The molecular weight excluding hydrogens is 386 g/mol. The van der Waals surface area contributed by atoms with Gasteiger partial charge in [-0.15, -0.1) is 17.9 Å². The van der Waals surface area contributed by atoms with E-state index in [0.717, 1.165) is 21.6 Å². The molecule has 150 valence electrons. The maximum Gasteiger partial charge on any atom is 0.206 e. The molecule has 0 spiro atoms. The maximum atomic E-state index is 5.50. The summed E-state index contributed by atoms with van der Waals surface area (Å²) in [6, 6.07) is 13.7. The molecule has 29 heavy (non-hydrogen) atoms. The lowest BCUT2D eigenvalue weighted by atomic mass is 10.2. The fourth-order valence-electron chi connectivity index (χ4n) is 2.74. The maximum absolute atomic E-state index is 5.50. The van der Waals surface area contributed by atoms with E-state index < -0.39 is 0 Å². The lowest BCUT2D eigenvalue weighted by Crippen LogP contribution is -2.12. The average molecular weight is 410 g/mol. The minimum absolute atomic E-state index is 0.518. The topological polar surface area (TPSA) is 57.3 Å². The van der Waals surface area contributed by atoms with E-state index in [-0.39, 0.29) is 0 Å². The first-order valence-corrected chi connectivity index (χ1v) is 9.81. The van der Waals surface area contributed by atoms with Crippen LogP contribution < -0.4 is 19.0 Å². The van der Waals surface area contributed by atoms with Crippen molar-refractivity contribution in [2.45, 2.75) is 0 Å². The number of ether oxygens (including phenoxy) is 3. The number of methoxy groups -OCH3 is 3. The molecule has 0 radical (unpaired) electrons. The Hall–Kier alpha value is -3.32.